The van der Waals surface area contributed by atoms with Gasteiger partial charge in [0, 0.05) is 38.8 Å². The SMILES string of the molecule is Cc1ccc(CN2Cc3ccnn3[C@H](CCNC(=O)CC3CC3)C2)cc1. The van der Waals surface area contributed by atoms with Crippen LogP contribution in [0.4, 0.5) is 0 Å². The Morgan fingerprint density at radius 3 is 2.81 bits per heavy atom. The summed E-state index contributed by atoms with van der Waals surface area (Å²) in [5.41, 5.74) is 3.91. The van der Waals surface area contributed by atoms with Crippen LogP contribution >= 0.6 is 0 Å². The lowest BCUT2D eigenvalue weighted by Crippen LogP contribution is -2.39. The maximum Gasteiger partial charge on any atom is 0.220 e. The fraction of sp³-hybridized carbons (Fsp3) is 0.524. The number of amides is 1. The molecule has 5 nitrogen and oxygen atoms in total. The summed E-state index contributed by atoms with van der Waals surface area (Å²) in [5, 5.41) is 7.62. The van der Waals surface area contributed by atoms with E-state index in [1.165, 1.54) is 29.7 Å². The van der Waals surface area contributed by atoms with Gasteiger partial charge in [0.1, 0.15) is 0 Å². The molecule has 1 aromatic carbocycles. The number of hydrogen-bond donors (Lipinski definition) is 1. The molecule has 1 atom stereocenters. The van der Waals surface area contributed by atoms with E-state index in [0.29, 0.717) is 18.4 Å². The van der Waals surface area contributed by atoms with Gasteiger partial charge in [0.25, 0.3) is 0 Å². The van der Waals surface area contributed by atoms with Crippen LogP contribution < -0.4 is 5.32 Å². The van der Waals surface area contributed by atoms with Crippen molar-refractivity contribution in [2.45, 2.75) is 51.7 Å². The molecule has 1 amide bonds. The van der Waals surface area contributed by atoms with Crippen LogP contribution in [0.15, 0.2) is 36.5 Å². The van der Waals surface area contributed by atoms with Crippen LogP contribution in [0.5, 0.6) is 0 Å². The second-order valence-electron chi connectivity index (χ2n) is 7.86. The van der Waals surface area contributed by atoms with Crippen LogP contribution in [0, 0.1) is 12.8 Å². The average molecular weight is 352 g/mol. The van der Waals surface area contributed by atoms with Crippen LogP contribution in [0.3, 0.4) is 0 Å². The van der Waals surface area contributed by atoms with E-state index in [0.717, 1.165) is 32.6 Å². The molecule has 2 aromatic rings. The standard InChI is InChI=1S/C21H28N4O/c1-16-2-4-18(5-3-16)13-24-14-19(25-20(15-24)9-11-23-25)8-10-22-21(26)12-17-6-7-17/h2-5,9,11,17,19H,6-8,10,12-15H2,1H3,(H,22,26)/t19-/m1/s1. The molecule has 0 bridgehead atoms. The minimum absolute atomic E-state index is 0.209. The number of fused-ring (bicyclic) bond motifs is 1. The zero-order chi connectivity index (χ0) is 17.9. The van der Waals surface area contributed by atoms with Crippen molar-refractivity contribution in [3.63, 3.8) is 0 Å². The van der Waals surface area contributed by atoms with Crippen molar-refractivity contribution in [3.8, 4) is 0 Å². The van der Waals surface area contributed by atoms with Gasteiger partial charge in [-0.05, 0) is 43.7 Å². The van der Waals surface area contributed by atoms with Gasteiger partial charge in [0.05, 0.1) is 11.7 Å². The molecule has 1 aliphatic carbocycles. The van der Waals surface area contributed by atoms with E-state index in [9.17, 15) is 4.79 Å². The highest BCUT2D eigenvalue weighted by Gasteiger charge is 2.26. The summed E-state index contributed by atoms with van der Waals surface area (Å²) >= 11 is 0. The molecule has 1 aliphatic heterocycles. The first-order chi connectivity index (χ1) is 12.7. The fourth-order valence-corrected chi connectivity index (χ4v) is 3.78. The third-order valence-corrected chi connectivity index (χ3v) is 5.45. The Balaban J connectivity index is 1.34. The van der Waals surface area contributed by atoms with Crippen LogP contribution in [0.2, 0.25) is 0 Å². The predicted octanol–water partition coefficient (Wildman–Crippen LogP) is 3.05. The molecule has 0 unspecified atom stereocenters. The zero-order valence-corrected chi connectivity index (χ0v) is 15.5. The number of carbonyl (C=O) groups is 1. The van der Waals surface area contributed by atoms with Crippen LogP contribution in [-0.2, 0) is 17.9 Å². The van der Waals surface area contributed by atoms with E-state index >= 15 is 0 Å². The molecule has 138 valence electrons. The van der Waals surface area contributed by atoms with Gasteiger partial charge >= 0.3 is 0 Å². The summed E-state index contributed by atoms with van der Waals surface area (Å²) in [6.45, 7) is 5.71. The van der Waals surface area contributed by atoms with Gasteiger partial charge in [-0.1, -0.05) is 29.8 Å². The number of nitrogens with zero attached hydrogens (tertiary/aromatic N) is 3. The van der Waals surface area contributed by atoms with Gasteiger partial charge in [-0.25, -0.2) is 0 Å². The molecule has 1 aromatic heterocycles. The van der Waals surface area contributed by atoms with Gasteiger partial charge in [0.2, 0.25) is 5.91 Å². The Kier molecular flexibility index (Phi) is 5.07. The molecule has 0 saturated heterocycles. The van der Waals surface area contributed by atoms with Gasteiger partial charge in [-0.3, -0.25) is 14.4 Å². The lowest BCUT2D eigenvalue weighted by atomic mass is 10.1. The second kappa shape index (κ2) is 7.62. The van der Waals surface area contributed by atoms with Crippen molar-refractivity contribution >= 4 is 5.91 Å². The highest BCUT2D eigenvalue weighted by Crippen LogP contribution is 2.32. The molecular weight excluding hydrogens is 324 g/mol. The Labute approximate surface area is 155 Å². The van der Waals surface area contributed by atoms with Gasteiger partial charge in [-0.15, -0.1) is 0 Å². The summed E-state index contributed by atoms with van der Waals surface area (Å²) in [6.07, 6.45) is 5.97. The molecule has 1 fully saturated rings. The maximum absolute atomic E-state index is 11.9. The van der Waals surface area contributed by atoms with Crippen molar-refractivity contribution < 1.29 is 4.79 Å². The maximum atomic E-state index is 11.9. The lowest BCUT2D eigenvalue weighted by Gasteiger charge is -2.34. The van der Waals surface area contributed by atoms with E-state index in [4.69, 9.17) is 0 Å². The molecule has 1 saturated carbocycles. The smallest absolute Gasteiger partial charge is 0.220 e. The second-order valence-corrected chi connectivity index (χ2v) is 7.86. The van der Waals surface area contributed by atoms with Crippen molar-refractivity contribution in [3.05, 3.63) is 53.3 Å². The van der Waals surface area contributed by atoms with Gasteiger partial charge in [-0.2, -0.15) is 5.10 Å². The first-order valence-corrected chi connectivity index (χ1v) is 9.74. The molecule has 26 heavy (non-hydrogen) atoms. The number of carbonyl (C=O) groups excluding carboxylic acids is 1. The lowest BCUT2D eigenvalue weighted by molar-refractivity contribution is -0.121. The Morgan fingerprint density at radius 1 is 1.23 bits per heavy atom. The zero-order valence-electron chi connectivity index (χ0n) is 15.5. The predicted molar refractivity (Wildman–Crippen MR) is 102 cm³/mol. The summed E-state index contributed by atoms with van der Waals surface area (Å²) < 4.78 is 2.15. The van der Waals surface area contributed by atoms with Gasteiger partial charge in [0.15, 0.2) is 0 Å². The molecule has 1 N–H and O–H groups in total. The molecule has 5 heteroatoms. The number of hydrogen-bond acceptors (Lipinski definition) is 3. The first kappa shape index (κ1) is 17.3. The normalized spacial score (nSPS) is 20.0. The van der Waals surface area contributed by atoms with Crippen molar-refractivity contribution in [1.29, 1.82) is 0 Å². The largest absolute Gasteiger partial charge is 0.356 e. The van der Waals surface area contributed by atoms with Gasteiger partial charge < -0.3 is 5.32 Å². The fourth-order valence-electron chi connectivity index (χ4n) is 3.78. The van der Waals surface area contributed by atoms with Crippen LogP contribution in [0.1, 0.15) is 48.5 Å². The highest BCUT2D eigenvalue weighted by molar-refractivity contribution is 5.76. The topological polar surface area (TPSA) is 50.2 Å². The van der Waals surface area contributed by atoms with E-state index in [1.807, 2.05) is 6.20 Å². The average Bonchev–Trinajstić information content (AvgIpc) is 3.30. The Bertz CT molecular complexity index is 748. The molecule has 2 aliphatic rings. The number of aryl methyl sites for hydroxylation is 1. The summed E-state index contributed by atoms with van der Waals surface area (Å²) in [6, 6.07) is 11.2. The number of nitrogens with one attached hydrogen (secondary N) is 1. The van der Waals surface area contributed by atoms with Crippen LogP contribution in [-0.4, -0.2) is 33.7 Å². The van der Waals surface area contributed by atoms with E-state index in [2.05, 4.69) is 57.3 Å². The van der Waals surface area contributed by atoms with Crippen molar-refractivity contribution in [2.24, 2.45) is 5.92 Å². The van der Waals surface area contributed by atoms with Crippen molar-refractivity contribution in [2.75, 3.05) is 13.1 Å². The molecule has 4 rings (SSSR count). The summed E-state index contributed by atoms with van der Waals surface area (Å²) in [7, 11) is 0. The van der Waals surface area contributed by atoms with Crippen molar-refractivity contribution in [1.82, 2.24) is 20.0 Å². The molecular formula is C21H28N4O. The minimum atomic E-state index is 0.209. The third kappa shape index (κ3) is 4.33. The molecule has 2 heterocycles. The Hall–Kier alpha value is -2.14. The Morgan fingerprint density at radius 2 is 2.04 bits per heavy atom. The monoisotopic (exact) mass is 352 g/mol. The third-order valence-electron chi connectivity index (χ3n) is 5.45. The highest BCUT2D eigenvalue weighted by atomic mass is 16.1. The molecule has 0 radical (unpaired) electrons. The van der Waals surface area contributed by atoms with Crippen LogP contribution in [0.25, 0.3) is 0 Å². The quantitative estimate of drug-likeness (QED) is 0.833. The molecule has 0 spiro atoms. The van der Waals surface area contributed by atoms with E-state index in [-0.39, 0.29) is 5.91 Å². The minimum Gasteiger partial charge on any atom is -0.356 e. The van der Waals surface area contributed by atoms with E-state index in [1.54, 1.807) is 0 Å². The van der Waals surface area contributed by atoms with E-state index < -0.39 is 0 Å². The summed E-state index contributed by atoms with van der Waals surface area (Å²) in [5.74, 6) is 0.855. The number of benzene rings is 1. The summed E-state index contributed by atoms with van der Waals surface area (Å²) in [4.78, 5) is 14.4. The number of aromatic nitrogens is 2. The number of rotatable bonds is 7. The first-order valence-electron chi connectivity index (χ1n) is 9.74.